The number of nitrogens with zero attached hydrogens (tertiary/aromatic N) is 1. The van der Waals surface area contributed by atoms with Gasteiger partial charge in [0.05, 0.1) is 6.04 Å². The van der Waals surface area contributed by atoms with Crippen LogP contribution in [0.25, 0.3) is 0 Å². The van der Waals surface area contributed by atoms with Gasteiger partial charge in [-0.05, 0) is 19.4 Å². The standard InChI is InChI=1S/C12H18N4O2/c1-7-3-5-9(6-4-7)8(2)16(15)11(14)10(13)12(17)18/h3-6,8H,13-15H2,1-2H3,(H,17,18)/b11-10-. The zero-order chi connectivity index (χ0) is 13.9. The summed E-state index contributed by atoms with van der Waals surface area (Å²) in [7, 11) is 0. The Kier molecular flexibility index (Phi) is 4.17. The van der Waals surface area contributed by atoms with Crippen molar-refractivity contribution in [3.8, 4) is 0 Å². The van der Waals surface area contributed by atoms with Gasteiger partial charge in [-0.25, -0.2) is 10.6 Å². The summed E-state index contributed by atoms with van der Waals surface area (Å²) in [5, 5.41) is 9.89. The van der Waals surface area contributed by atoms with Gasteiger partial charge in [0.15, 0.2) is 5.70 Å². The molecule has 1 aromatic rings. The smallest absolute Gasteiger partial charge is 0.355 e. The van der Waals surface area contributed by atoms with E-state index in [0.717, 1.165) is 16.1 Å². The van der Waals surface area contributed by atoms with E-state index in [0.29, 0.717) is 0 Å². The third-order valence-corrected chi connectivity index (χ3v) is 2.76. The molecule has 1 aromatic carbocycles. The first-order chi connectivity index (χ1) is 8.34. The summed E-state index contributed by atoms with van der Waals surface area (Å²) in [6.45, 7) is 3.79. The van der Waals surface area contributed by atoms with Gasteiger partial charge >= 0.3 is 5.97 Å². The van der Waals surface area contributed by atoms with E-state index in [1.54, 1.807) is 0 Å². The molecular weight excluding hydrogens is 232 g/mol. The number of rotatable bonds is 4. The highest BCUT2D eigenvalue weighted by atomic mass is 16.4. The van der Waals surface area contributed by atoms with Crippen LogP contribution >= 0.6 is 0 Å². The van der Waals surface area contributed by atoms with E-state index in [-0.39, 0.29) is 11.9 Å². The molecule has 0 aromatic heterocycles. The van der Waals surface area contributed by atoms with Gasteiger partial charge in [-0.2, -0.15) is 0 Å². The Bertz CT molecular complexity index is 467. The lowest BCUT2D eigenvalue weighted by Gasteiger charge is -2.27. The fraction of sp³-hybridized carbons (Fsp3) is 0.250. The molecule has 0 amide bonds. The van der Waals surface area contributed by atoms with Crippen molar-refractivity contribution in [3.05, 3.63) is 46.9 Å². The van der Waals surface area contributed by atoms with Crippen LogP contribution in [0.3, 0.4) is 0 Å². The first-order valence-corrected chi connectivity index (χ1v) is 5.43. The van der Waals surface area contributed by atoms with Crippen molar-refractivity contribution in [3.63, 3.8) is 0 Å². The summed E-state index contributed by atoms with van der Waals surface area (Å²) < 4.78 is 0. The van der Waals surface area contributed by atoms with Crippen molar-refractivity contribution in [1.82, 2.24) is 5.01 Å². The summed E-state index contributed by atoms with van der Waals surface area (Å²) in [5.41, 5.74) is 12.5. The number of carboxylic acid groups (broad SMARTS) is 1. The number of hydrogen-bond acceptors (Lipinski definition) is 5. The molecule has 0 fully saturated rings. The number of carbonyl (C=O) groups is 1. The molecule has 0 aliphatic carbocycles. The maximum Gasteiger partial charge on any atom is 0.355 e. The maximum absolute atomic E-state index is 10.7. The van der Waals surface area contributed by atoms with Gasteiger partial charge < -0.3 is 16.6 Å². The van der Waals surface area contributed by atoms with Crippen LogP contribution in [-0.2, 0) is 4.79 Å². The zero-order valence-electron chi connectivity index (χ0n) is 10.4. The third-order valence-electron chi connectivity index (χ3n) is 2.76. The summed E-state index contributed by atoms with van der Waals surface area (Å²) >= 11 is 0. The monoisotopic (exact) mass is 250 g/mol. The van der Waals surface area contributed by atoms with Crippen molar-refractivity contribution in [1.29, 1.82) is 0 Å². The van der Waals surface area contributed by atoms with Crippen LogP contribution in [0.4, 0.5) is 0 Å². The van der Waals surface area contributed by atoms with Gasteiger partial charge in [0.2, 0.25) is 0 Å². The van der Waals surface area contributed by atoms with Crippen LogP contribution in [0.2, 0.25) is 0 Å². The minimum atomic E-state index is -1.29. The Morgan fingerprint density at radius 3 is 2.22 bits per heavy atom. The van der Waals surface area contributed by atoms with Gasteiger partial charge in [-0.1, -0.05) is 29.8 Å². The van der Waals surface area contributed by atoms with Gasteiger partial charge in [0.1, 0.15) is 5.82 Å². The van der Waals surface area contributed by atoms with Crippen LogP contribution < -0.4 is 17.3 Å². The molecule has 0 heterocycles. The molecule has 0 aliphatic heterocycles. The Labute approximate surface area is 106 Å². The summed E-state index contributed by atoms with van der Waals surface area (Å²) in [4.78, 5) is 10.7. The number of aliphatic carboxylic acids is 1. The van der Waals surface area contributed by atoms with Gasteiger partial charge in [0, 0.05) is 0 Å². The van der Waals surface area contributed by atoms with E-state index in [9.17, 15) is 4.79 Å². The highest BCUT2D eigenvalue weighted by molar-refractivity contribution is 5.86. The molecule has 0 spiro atoms. The molecule has 0 radical (unpaired) electrons. The van der Waals surface area contributed by atoms with Crippen LogP contribution in [0, 0.1) is 6.92 Å². The number of hydrogen-bond donors (Lipinski definition) is 4. The molecule has 0 aliphatic rings. The van der Waals surface area contributed by atoms with Gasteiger partial charge in [0.25, 0.3) is 0 Å². The second-order valence-electron chi connectivity index (χ2n) is 4.10. The first-order valence-electron chi connectivity index (χ1n) is 5.43. The fourth-order valence-corrected chi connectivity index (χ4v) is 1.46. The largest absolute Gasteiger partial charge is 0.476 e. The highest BCUT2D eigenvalue weighted by Crippen LogP contribution is 2.20. The van der Waals surface area contributed by atoms with E-state index in [4.69, 9.17) is 22.4 Å². The lowest BCUT2D eigenvalue weighted by molar-refractivity contribution is -0.132. The van der Waals surface area contributed by atoms with E-state index in [1.807, 2.05) is 38.1 Å². The second kappa shape index (κ2) is 5.42. The Morgan fingerprint density at radius 1 is 1.28 bits per heavy atom. The third kappa shape index (κ3) is 2.92. The van der Waals surface area contributed by atoms with E-state index >= 15 is 0 Å². The molecule has 7 N–H and O–H groups in total. The predicted molar refractivity (Wildman–Crippen MR) is 68.7 cm³/mol. The Hall–Kier alpha value is -2.21. The maximum atomic E-state index is 10.7. The highest BCUT2D eigenvalue weighted by Gasteiger charge is 2.18. The molecule has 1 atom stereocenters. The molecule has 1 unspecified atom stereocenters. The van der Waals surface area contributed by atoms with Crippen molar-refractivity contribution >= 4 is 5.97 Å². The molecule has 6 nitrogen and oxygen atoms in total. The van der Waals surface area contributed by atoms with Crippen molar-refractivity contribution in [2.45, 2.75) is 19.9 Å². The fourth-order valence-electron chi connectivity index (χ4n) is 1.46. The summed E-state index contributed by atoms with van der Waals surface area (Å²) in [5.74, 6) is 4.33. The molecule has 1 rings (SSSR count). The SMILES string of the molecule is Cc1ccc(C(C)N(N)/C(N)=C(\N)C(=O)O)cc1. The average Bonchev–Trinajstić information content (AvgIpc) is 2.36. The van der Waals surface area contributed by atoms with Crippen LogP contribution in [-0.4, -0.2) is 16.1 Å². The normalized spacial score (nSPS) is 13.7. The average molecular weight is 250 g/mol. The van der Waals surface area contributed by atoms with Gasteiger partial charge in [-0.3, -0.25) is 5.01 Å². The van der Waals surface area contributed by atoms with E-state index in [1.165, 1.54) is 0 Å². The molecule has 98 valence electrons. The quantitative estimate of drug-likeness (QED) is 0.349. The molecule has 18 heavy (non-hydrogen) atoms. The second-order valence-corrected chi connectivity index (χ2v) is 4.10. The van der Waals surface area contributed by atoms with Crippen LogP contribution in [0.1, 0.15) is 24.1 Å². The number of aryl methyl sites for hydroxylation is 1. The lowest BCUT2D eigenvalue weighted by atomic mass is 10.1. The number of benzene rings is 1. The summed E-state index contributed by atoms with van der Waals surface area (Å²) in [6, 6.07) is 7.43. The number of nitrogens with two attached hydrogens (primary N) is 3. The number of hydrazine groups is 1. The number of carboxylic acids is 1. The molecular formula is C12H18N4O2. The molecule has 0 saturated heterocycles. The molecule has 0 bridgehead atoms. The van der Waals surface area contributed by atoms with Gasteiger partial charge in [-0.15, -0.1) is 0 Å². The minimum absolute atomic E-state index is 0.157. The Balaban J connectivity index is 2.97. The minimum Gasteiger partial charge on any atom is -0.476 e. The summed E-state index contributed by atoms with van der Waals surface area (Å²) in [6.07, 6.45) is 0. The van der Waals surface area contributed by atoms with Crippen molar-refractivity contribution in [2.75, 3.05) is 0 Å². The first kappa shape index (κ1) is 13.9. The van der Waals surface area contributed by atoms with E-state index in [2.05, 4.69) is 0 Å². The van der Waals surface area contributed by atoms with E-state index < -0.39 is 11.7 Å². The van der Waals surface area contributed by atoms with Crippen molar-refractivity contribution < 1.29 is 9.90 Å². The molecule has 0 saturated carbocycles. The van der Waals surface area contributed by atoms with Crippen LogP contribution in [0.15, 0.2) is 35.8 Å². The predicted octanol–water partition coefficient (Wildman–Crippen LogP) is 0.403. The van der Waals surface area contributed by atoms with Crippen molar-refractivity contribution in [2.24, 2.45) is 17.3 Å². The molecule has 6 heteroatoms. The topological polar surface area (TPSA) is 119 Å². The lowest BCUT2D eigenvalue weighted by Crippen LogP contribution is -2.39. The zero-order valence-corrected chi connectivity index (χ0v) is 10.4. The Morgan fingerprint density at radius 2 is 1.78 bits per heavy atom. The van der Waals surface area contributed by atoms with Crippen LogP contribution in [0.5, 0.6) is 0 Å².